The minimum Gasteiger partial charge on any atom is -0.858 e. The zero-order valence-electron chi connectivity index (χ0n) is 16.0. The Kier molecular flexibility index (Phi) is 11.0. The van der Waals surface area contributed by atoms with E-state index in [4.69, 9.17) is 20.4 Å². The highest BCUT2D eigenvalue weighted by Gasteiger charge is 2.38. The van der Waals surface area contributed by atoms with Crippen molar-refractivity contribution in [3.63, 3.8) is 0 Å². The molecule has 1 aromatic carbocycles. The van der Waals surface area contributed by atoms with Crippen LogP contribution in [0.3, 0.4) is 0 Å². The highest BCUT2D eigenvalue weighted by Crippen LogP contribution is 2.23. The smallest absolute Gasteiger partial charge is 0.359 e. The quantitative estimate of drug-likeness (QED) is 0.225. The molecule has 1 aliphatic rings. The fraction of sp³-hybridized carbons (Fsp3) is 0.267. The van der Waals surface area contributed by atoms with Crippen LogP contribution in [0.4, 0.5) is 0 Å². The molecule has 0 aliphatic carbocycles. The molecule has 0 atom stereocenters. The van der Waals surface area contributed by atoms with Crippen molar-refractivity contribution in [3.8, 4) is 0 Å². The molecular formula is C15H22N4O11S. The van der Waals surface area contributed by atoms with E-state index in [9.17, 15) is 32.7 Å². The van der Waals surface area contributed by atoms with Crippen molar-refractivity contribution in [2.75, 3.05) is 26.2 Å². The summed E-state index contributed by atoms with van der Waals surface area (Å²) in [4.78, 5) is 42.3. The molecule has 0 saturated heterocycles. The summed E-state index contributed by atoms with van der Waals surface area (Å²) in [6.45, 7) is -3.54. The van der Waals surface area contributed by atoms with Gasteiger partial charge in [-0.1, -0.05) is 18.2 Å². The van der Waals surface area contributed by atoms with Gasteiger partial charge in [0.05, 0.1) is 4.90 Å². The van der Waals surface area contributed by atoms with Crippen molar-refractivity contribution in [3.05, 3.63) is 29.8 Å². The number of quaternary nitrogens is 1. The Morgan fingerprint density at radius 3 is 1.48 bits per heavy atom. The number of carboxylic acid groups (broad SMARTS) is 4. The van der Waals surface area contributed by atoms with Gasteiger partial charge in [0.1, 0.15) is 0 Å². The van der Waals surface area contributed by atoms with E-state index >= 15 is 0 Å². The summed E-state index contributed by atoms with van der Waals surface area (Å²) in [6, 6.07) is 5.99. The third kappa shape index (κ3) is 8.74. The molecule has 10 N–H and O–H groups in total. The number of fused-ring (bicyclic) bond motifs is 1. The predicted octanol–water partition coefficient (Wildman–Crippen LogP) is -2.04. The largest absolute Gasteiger partial charge is 0.858 e. The zero-order chi connectivity index (χ0) is 22.4. The monoisotopic (exact) mass is 466 g/mol. The van der Waals surface area contributed by atoms with Gasteiger partial charge in [-0.05, 0) is 6.07 Å². The third-order valence-electron chi connectivity index (χ3n) is 3.48. The minimum atomic E-state index is -3.68. The van der Waals surface area contributed by atoms with Crippen molar-refractivity contribution in [1.82, 2.24) is 12.3 Å². The topological polar surface area (TPSA) is 289 Å². The second-order valence-corrected chi connectivity index (χ2v) is 7.49. The number of rotatable bonds is 8. The molecular weight excluding hydrogens is 444 g/mol. The molecule has 0 bridgehead atoms. The van der Waals surface area contributed by atoms with Gasteiger partial charge in [0.2, 0.25) is 0 Å². The van der Waals surface area contributed by atoms with Gasteiger partial charge in [-0.3, -0.25) is 4.48 Å². The van der Waals surface area contributed by atoms with Gasteiger partial charge in [-0.2, -0.15) is 12.8 Å². The van der Waals surface area contributed by atoms with Crippen LogP contribution in [0.2, 0.25) is 0 Å². The molecule has 0 aromatic heterocycles. The standard InChI is InChI=1S/C8H11NO8.C7H5NO3S.2H3N/c10-5(11)1-9(2-6(12)13,3-7(14)15)4-8(16)17;9-7-5-3-1-2-4-6(5)12(10,11)8-7;;/h1-4H2,(H3-,10,11,12,13,14,15,16,17);1-4H,(H,8,9);2*1H3. The van der Waals surface area contributed by atoms with Crippen LogP contribution in [-0.2, 0) is 29.2 Å². The van der Waals surface area contributed by atoms with E-state index < -0.39 is 70.5 Å². The average Bonchev–Trinajstić information content (AvgIpc) is 2.74. The van der Waals surface area contributed by atoms with E-state index in [-0.39, 0.29) is 22.8 Å². The van der Waals surface area contributed by atoms with E-state index in [1.807, 2.05) is 0 Å². The van der Waals surface area contributed by atoms with Crippen LogP contribution in [0, 0.1) is 0 Å². The Labute approximate surface area is 175 Å². The van der Waals surface area contributed by atoms with E-state index in [0.717, 1.165) is 0 Å². The highest BCUT2D eigenvalue weighted by molar-refractivity contribution is 7.90. The van der Waals surface area contributed by atoms with Crippen LogP contribution in [0.1, 0.15) is 5.56 Å². The number of hydrogen-bond donors (Lipinski definition) is 6. The Morgan fingerprint density at radius 2 is 1.16 bits per heavy atom. The van der Waals surface area contributed by atoms with E-state index in [1.165, 1.54) is 12.1 Å². The zero-order valence-corrected chi connectivity index (χ0v) is 16.8. The lowest BCUT2D eigenvalue weighted by Crippen LogP contribution is -2.58. The lowest BCUT2D eigenvalue weighted by molar-refractivity contribution is -0.900. The van der Waals surface area contributed by atoms with E-state index in [1.54, 1.807) is 12.1 Å². The number of benzene rings is 1. The summed E-state index contributed by atoms with van der Waals surface area (Å²) >= 11 is 0. The van der Waals surface area contributed by atoms with Crippen LogP contribution >= 0.6 is 0 Å². The predicted molar refractivity (Wildman–Crippen MR) is 100 cm³/mol. The molecule has 2 rings (SSSR count). The highest BCUT2D eigenvalue weighted by atomic mass is 32.2. The second-order valence-electron chi connectivity index (χ2n) is 5.92. The summed E-state index contributed by atoms with van der Waals surface area (Å²) in [6.07, 6.45) is 0. The molecule has 15 nitrogen and oxygen atoms in total. The first-order valence-electron chi connectivity index (χ1n) is 7.62. The molecule has 0 spiro atoms. The number of hydrogen-bond acceptors (Lipinski definition) is 9. The molecule has 16 heteroatoms. The maximum atomic E-state index is 11.1. The number of nitrogens with zero attached hydrogens (tertiary/aromatic N) is 2. The first kappa shape index (κ1) is 29.6. The number of carboxylic acids is 4. The van der Waals surface area contributed by atoms with Gasteiger partial charge < -0.3 is 37.8 Å². The van der Waals surface area contributed by atoms with Crippen LogP contribution < -0.4 is 17.4 Å². The van der Waals surface area contributed by atoms with Gasteiger partial charge in [-0.25, -0.2) is 19.2 Å². The maximum absolute atomic E-state index is 11.1. The van der Waals surface area contributed by atoms with Crippen LogP contribution in [0.25, 0.3) is 0 Å². The lowest BCUT2D eigenvalue weighted by Gasteiger charge is -2.32. The Morgan fingerprint density at radius 1 is 0.806 bits per heavy atom. The Balaban J connectivity index is 0. The molecule has 1 heterocycles. The summed E-state index contributed by atoms with van der Waals surface area (Å²) < 4.78 is 24.1. The first-order valence-corrected chi connectivity index (χ1v) is 9.06. The first-order chi connectivity index (χ1) is 13.3. The van der Waals surface area contributed by atoms with Crippen LogP contribution in [0.15, 0.2) is 33.6 Å². The molecule has 0 radical (unpaired) electrons. The van der Waals surface area contributed by atoms with Crippen molar-refractivity contribution in [1.29, 1.82) is 0 Å². The van der Waals surface area contributed by atoms with E-state index in [2.05, 4.69) is 4.40 Å². The fourth-order valence-corrected chi connectivity index (χ4v) is 3.66. The van der Waals surface area contributed by atoms with Gasteiger partial charge in [-0.15, -0.1) is 0 Å². The molecule has 31 heavy (non-hydrogen) atoms. The SMILES string of the molecule is N.N.O=C(O)C[N+](CC(=O)O)(CC(=O)O)CC(=O)O.O=S1(=O)N=C([O-])c2ccccc21. The average molecular weight is 466 g/mol. The van der Waals surface area contributed by atoms with Crippen molar-refractivity contribution < 1.29 is 57.6 Å². The summed E-state index contributed by atoms with van der Waals surface area (Å²) in [5.74, 6) is -6.53. The normalized spacial score (nSPS) is 13.1. The molecule has 1 aromatic rings. The fourth-order valence-electron chi connectivity index (χ4n) is 2.56. The van der Waals surface area contributed by atoms with Crippen molar-refractivity contribution in [2.45, 2.75) is 4.90 Å². The lowest BCUT2D eigenvalue weighted by atomic mass is 10.2. The Bertz CT molecular complexity index is 905. The minimum absolute atomic E-state index is 0. The number of carbonyl (C=O) groups is 4. The second kappa shape index (κ2) is 11.6. The number of aliphatic carboxylic acids is 4. The maximum Gasteiger partial charge on any atom is 0.359 e. The van der Waals surface area contributed by atoms with Crippen molar-refractivity contribution >= 4 is 39.8 Å². The van der Waals surface area contributed by atoms with Gasteiger partial charge >= 0.3 is 23.9 Å². The summed E-state index contributed by atoms with van der Waals surface area (Å²) in [7, 11) is -3.68. The van der Waals surface area contributed by atoms with Crippen LogP contribution in [-0.4, -0.2) is 89.3 Å². The number of sulfonamides is 1. The summed E-state index contributed by atoms with van der Waals surface area (Å²) in [5.41, 5.74) is 0.164. The molecule has 0 saturated carbocycles. The molecule has 0 fully saturated rings. The summed E-state index contributed by atoms with van der Waals surface area (Å²) in [5, 5.41) is 45.3. The van der Waals surface area contributed by atoms with Gasteiger partial charge in [0, 0.05) is 11.5 Å². The Hall–Kier alpha value is -3.60. The molecule has 1 aliphatic heterocycles. The van der Waals surface area contributed by atoms with Gasteiger partial charge in [0.15, 0.2) is 26.2 Å². The van der Waals surface area contributed by atoms with Gasteiger partial charge in [0.25, 0.3) is 10.0 Å². The van der Waals surface area contributed by atoms with E-state index in [0.29, 0.717) is 0 Å². The molecule has 0 amide bonds. The molecule has 0 unspecified atom stereocenters. The van der Waals surface area contributed by atoms with Crippen LogP contribution in [0.5, 0.6) is 0 Å². The van der Waals surface area contributed by atoms with Crippen molar-refractivity contribution in [2.24, 2.45) is 4.40 Å². The molecule has 174 valence electrons. The third-order valence-corrected chi connectivity index (χ3v) is 4.80.